The maximum absolute atomic E-state index is 13.3. The topological polar surface area (TPSA) is 87.6 Å². The van der Waals surface area contributed by atoms with Crippen LogP contribution in [-0.4, -0.2) is 25.7 Å². The van der Waals surface area contributed by atoms with E-state index < -0.39 is 6.04 Å². The number of anilines is 2. The summed E-state index contributed by atoms with van der Waals surface area (Å²) in [5.74, 6) is 0.441. The molecule has 1 aliphatic heterocycles. The summed E-state index contributed by atoms with van der Waals surface area (Å²) in [6.45, 7) is 1.89. The van der Waals surface area contributed by atoms with E-state index in [0.717, 1.165) is 27.9 Å². The summed E-state index contributed by atoms with van der Waals surface area (Å²) in [4.78, 5) is 20.9. The number of carbonyl (C=O) groups is 1. The Morgan fingerprint density at radius 3 is 2.75 bits per heavy atom. The lowest BCUT2D eigenvalue weighted by atomic mass is 9.94. The second-order valence-corrected chi connectivity index (χ2v) is 6.70. The van der Waals surface area contributed by atoms with Gasteiger partial charge in [-0.2, -0.15) is 10.1 Å². The van der Waals surface area contributed by atoms with Gasteiger partial charge >= 0.3 is 0 Å². The molecule has 7 nitrogen and oxygen atoms in total. The summed E-state index contributed by atoms with van der Waals surface area (Å²) in [5.41, 5.74) is 4.09. The number of H-pyrrole nitrogens is 1. The van der Waals surface area contributed by atoms with Gasteiger partial charge in [0.2, 0.25) is 5.95 Å². The van der Waals surface area contributed by atoms with Gasteiger partial charge in [0.25, 0.3) is 5.91 Å². The molecule has 2 aromatic heterocycles. The minimum Gasteiger partial charge on any atom is -0.361 e. The van der Waals surface area contributed by atoms with Crippen molar-refractivity contribution in [3.8, 4) is 0 Å². The van der Waals surface area contributed by atoms with Gasteiger partial charge in [-0.1, -0.05) is 36.4 Å². The third-order valence-electron chi connectivity index (χ3n) is 4.99. The summed E-state index contributed by atoms with van der Waals surface area (Å²) in [6.07, 6.45) is 3.44. The molecule has 0 aliphatic carbocycles. The number of nitrogens with one attached hydrogen (secondary N) is 3. The molecule has 5 rings (SSSR count). The molecule has 0 saturated heterocycles. The van der Waals surface area contributed by atoms with Crippen molar-refractivity contribution >= 4 is 28.4 Å². The minimum absolute atomic E-state index is 0.173. The van der Waals surface area contributed by atoms with Crippen LogP contribution >= 0.6 is 0 Å². The van der Waals surface area contributed by atoms with Gasteiger partial charge in [0, 0.05) is 34.0 Å². The number of fused-ring (bicyclic) bond motifs is 2. The van der Waals surface area contributed by atoms with E-state index >= 15 is 0 Å². The third kappa shape index (κ3) is 2.56. The van der Waals surface area contributed by atoms with Crippen LogP contribution in [0.5, 0.6) is 0 Å². The van der Waals surface area contributed by atoms with Crippen LogP contribution in [0.1, 0.15) is 18.5 Å². The molecule has 0 bridgehead atoms. The maximum atomic E-state index is 13.3. The SMILES string of the molecule is CC1=C(C(=O)Nc2ccccc2)C(c2c[nH]c3ccccc23)n2ncnc2N1. The Kier molecular flexibility index (Phi) is 3.72. The van der Waals surface area contributed by atoms with Crippen molar-refractivity contribution in [3.63, 3.8) is 0 Å². The van der Waals surface area contributed by atoms with Crippen molar-refractivity contribution in [2.24, 2.45) is 0 Å². The minimum atomic E-state index is -0.390. The lowest BCUT2D eigenvalue weighted by Gasteiger charge is -2.28. The zero-order valence-corrected chi connectivity index (χ0v) is 15.2. The number of nitrogens with zero attached hydrogens (tertiary/aromatic N) is 3. The van der Waals surface area contributed by atoms with Crippen molar-refractivity contribution in [1.82, 2.24) is 19.7 Å². The van der Waals surface area contributed by atoms with Crippen LogP contribution in [0.15, 0.2) is 78.4 Å². The van der Waals surface area contributed by atoms with Crippen molar-refractivity contribution < 1.29 is 4.79 Å². The first-order valence-corrected chi connectivity index (χ1v) is 9.02. The van der Waals surface area contributed by atoms with Crippen LogP contribution in [0.25, 0.3) is 10.9 Å². The number of rotatable bonds is 3. The van der Waals surface area contributed by atoms with E-state index in [9.17, 15) is 4.79 Å². The number of amides is 1. The van der Waals surface area contributed by atoms with E-state index in [4.69, 9.17) is 0 Å². The molecular formula is C21H18N6O. The summed E-state index contributed by atoms with van der Waals surface area (Å²) >= 11 is 0. The highest BCUT2D eigenvalue weighted by molar-refractivity contribution is 6.06. The highest BCUT2D eigenvalue weighted by Crippen LogP contribution is 2.38. The summed E-state index contributed by atoms with van der Waals surface area (Å²) in [5, 5.41) is 11.6. The van der Waals surface area contributed by atoms with Gasteiger partial charge in [0.1, 0.15) is 12.4 Å². The number of hydrogen-bond acceptors (Lipinski definition) is 4. The highest BCUT2D eigenvalue weighted by atomic mass is 16.1. The van der Waals surface area contributed by atoms with E-state index in [1.165, 1.54) is 6.33 Å². The predicted octanol–water partition coefficient (Wildman–Crippen LogP) is 3.69. The first-order valence-electron chi connectivity index (χ1n) is 9.02. The van der Waals surface area contributed by atoms with Gasteiger partial charge in [-0.25, -0.2) is 4.68 Å². The molecule has 2 aromatic carbocycles. The molecule has 1 aliphatic rings. The van der Waals surface area contributed by atoms with Gasteiger partial charge in [-0.15, -0.1) is 0 Å². The lowest BCUT2D eigenvalue weighted by Crippen LogP contribution is -2.31. The lowest BCUT2D eigenvalue weighted by molar-refractivity contribution is -0.113. The Morgan fingerprint density at radius 2 is 1.89 bits per heavy atom. The molecule has 0 spiro atoms. The molecule has 0 radical (unpaired) electrons. The molecule has 0 fully saturated rings. The summed E-state index contributed by atoms with van der Waals surface area (Å²) < 4.78 is 1.75. The Hall–Kier alpha value is -3.87. The smallest absolute Gasteiger partial charge is 0.255 e. The average molecular weight is 370 g/mol. The third-order valence-corrected chi connectivity index (χ3v) is 4.99. The molecule has 0 saturated carbocycles. The summed E-state index contributed by atoms with van der Waals surface area (Å²) in [6, 6.07) is 17.1. The van der Waals surface area contributed by atoms with Crippen molar-refractivity contribution in [2.45, 2.75) is 13.0 Å². The van der Waals surface area contributed by atoms with Gasteiger partial charge in [0.05, 0.1) is 5.57 Å². The van der Waals surface area contributed by atoms with E-state index in [0.29, 0.717) is 11.5 Å². The Balaban J connectivity index is 1.64. The predicted molar refractivity (Wildman–Crippen MR) is 108 cm³/mol. The van der Waals surface area contributed by atoms with Gasteiger partial charge in [-0.05, 0) is 25.1 Å². The molecule has 138 valence electrons. The van der Waals surface area contributed by atoms with E-state index in [1.54, 1.807) is 4.68 Å². The van der Waals surface area contributed by atoms with Crippen LogP contribution in [0, 0.1) is 0 Å². The quantitative estimate of drug-likeness (QED) is 0.513. The molecule has 7 heteroatoms. The molecule has 3 heterocycles. The highest BCUT2D eigenvalue weighted by Gasteiger charge is 2.34. The largest absolute Gasteiger partial charge is 0.361 e. The van der Waals surface area contributed by atoms with Crippen molar-refractivity contribution in [1.29, 1.82) is 0 Å². The first kappa shape index (κ1) is 16.3. The van der Waals surface area contributed by atoms with Gasteiger partial charge in [0.15, 0.2) is 0 Å². The monoisotopic (exact) mass is 370 g/mol. The molecule has 1 atom stereocenters. The zero-order valence-electron chi connectivity index (χ0n) is 15.2. The normalized spacial score (nSPS) is 16.0. The number of benzene rings is 2. The number of hydrogen-bond donors (Lipinski definition) is 3. The van der Waals surface area contributed by atoms with Crippen LogP contribution in [0.2, 0.25) is 0 Å². The average Bonchev–Trinajstić information content (AvgIpc) is 3.34. The number of aromatic nitrogens is 4. The molecule has 28 heavy (non-hydrogen) atoms. The number of carbonyl (C=O) groups excluding carboxylic acids is 1. The molecule has 3 N–H and O–H groups in total. The fourth-order valence-corrected chi connectivity index (χ4v) is 3.71. The van der Waals surface area contributed by atoms with Crippen LogP contribution in [0.4, 0.5) is 11.6 Å². The Morgan fingerprint density at radius 1 is 1.11 bits per heavy atom. The number of para-hydroxylation sites is 2. The van der Waals surface area contributed by atoms with Crippen molar-refractivity contribution in [2.75, 3.05) is 10.6 Å². The second-order valence-electron chi connectivity index (χ2n) is 6.70. The van der Waals surface area contributed by atoms with Crippen LogP contribution in [-0.2, 0) is 4.79 Å². The first-order chi connectivity index (χ1) is 13.7. The molecule has 1 amide bonds. The van der Waals surface area contributed by atoms with E-state index in [2.05, 4.69) is 25.7 Å². The van der Waals surface area contributed by atoms with Gasteiger partial charge < -0.3 is 15.6 Å². The summed E-state index contributed by atoms with van der Waals surface area (Å²) in [7, 11) is 0. The number of allylic oxidation sites excluding steroid dienone is 1. The molecule has 4 aromatic rings. The zero-order chi connectivity index (χ0) is 19.1. The van der Waals surface area contributed by atoms with Gasteiger partial charge in [-0.3, -0.25) is 4.79 Å². The number of aromatic amines is 1. The van der Waals surface area contributed by atoms with Crippen molar-refractivity contribution in [3.05, 3.63) is 84.0 Å². The second kappa shape index (κ2) is 6.38. The van der Waals surface area contributed by atoms with E-state index in [-0.39, 0.29) is 5.91 Å². The fraction of sp³-hybridized carbons (Fsp3) is 0.0952. The van der Waals surface area contributed by atoms with E-state index in [1.807, 2.05) is 67.7 Å². The standard InChI is InChI=1S/C21H18N6O/c1-13-18(20(28)26-14-7-3-2-4-8-14)19(27-21(25-13)23-12-24-27)16-11-22-17-10-6-5-9-15(16)17/h2-12,19,22H,1H3,(H,26,28)(H,23,24,25). The fourth-order valence-electron chi connectivity index (χ4n) is 3.71. The molecule has 1 unspecified atom stereocenters. The van der Waals surface area contributed by atoms with Crippen LogP contribution in [0.3, 0.4) is 0 Å². The molecular weight excluding hydrogens is 352 g/mol. The Labute approximate surface area is 161 Å². The maximum Gasteiger partial charge on any atom is 0.255 e. The Bertz CT molecular complexity index is 1200. The van der Waals surface area contributed by atoms with Crippen LogP contribution < -0.4 is 10.6 Å².